The Morgan fingerprint density at radius 3 is 2.24 bits per heavy atom. The number of carboxylic acid groups (broad SMARTS) is 1. The lowest BCUT2D eigenvalue weighted by Crippen LogP contribution is -2.50. The van der Waals surface area contributed by atoms with Crippen molar-refractivity contribution in [2.75, 3.05) is 69.1 Å². The molecule has 2 amide bonds. The van der Waals surface area contributed by atoms with Crippen LogP contribution in [-0.4, -0.2) is 106 Å². The van der Waals surface area contributed by atoms with Gasteiger partial charge < -0.3 is 20.2 Å². The molecule has 1 aromatic carbocycles. The van der Waals surface area contributed by atoms with Gasteiger partial charge in [0.15, 0.2) is 5.82 Å². The van der Waals surface area contributed by atoms with Crippen molar-refractivity contribution in [2.45, 2.75) is 19.6 Å². The normalized spacial score (nSPS) is 17.5. The smallest absolute Gasteiger partial charge is 0.416 e. The summed E-state index contributed by atoms with van der Waals surface area (Å²) in [5.74, 6) is -0.944. The second-order valence-corrected chi connectivity index (χ2v) is 9.37. The van der Waals surface area contributed by atoms with E-state index in [0.29, 0.717) is 64.6 Å². The summed E-state index contributed by atoms with van der Waals surface area (Å²) < 4.78 is 41.6. The molecule has 2 aliphatic heterocycles. The SMILES string of the molecule is CC(=O)Nc1ccn(C(=O)N2CCN(Cc3ccc(C(F)(F)F)cc3N3CCN(CC(=O)O)CC3)CC2)n1. The molecule has 4 rings (SSSR count). The van der Waals surface area contributed by atoms with Gasteiger partial charge in [0.1, 0.15) is 0 Å². The van der Waals surface area contributed by atoms with Crippen LogP contribution in [0.1, 0.15) is 18.1 Å². The molecule has 2 N–H and O–H groups in total. The zero-order valence-electron chi connectivity index (χ0n) is 20.9. The van der Waals surface area contributed by atoms with E-state index in [1.807, 2.05) is 4.90 Å². The Balaban J connectivity index is 1.41. The predicted molar refractivity (Wildman–Crippen MR) is 132 cm³/mol. The number of nitrogens with zero attached hydrogens (tertiary/aromatic N) is 6. The summed E-state index contributed by atoms with van der Waals surface area (Å²) in [6, 6.07) is 4.97. The average Bonchev–Trinajstić information content (AvgIpc) is 3.31. The molecular formula is C24H30F3N7O4. The molecule has 2 fully saturated rings. The molecule has 2 saturated heterocycles. The molecule has 1 aromatic heterocycles. The van der Waals surface area contributed by atoms with E-state index in [9.17, 15) is 27.6 Å². The summed E-state index contributed by atoms with van der Waals surface area (Å²) in [5, 5.41) is 15.6. The summed E-state index contributed by atoms with van der Waals surface area (Å²) in [7, 11) is 0. The van der Waals surface area contributed by atoms with Crippen LogP contribution in [0.5, 0.6) is 0 Å². The fourth-order valence-electron chi connectivity index (χ4n) is 4.67. The minimum absolute atomic E-state index is 0.0978. The number of piperazine rings is 2. The fraction of sp³-hybridized carbons (Fsp3) is 0.500. The molecular weight excluding hydrogens is 507 g/mol. The van der Waals surface area contributed by atoms with Crippen LogP contribution in [0.3, 0.4) is 0 Å². The lowest BCUT2D eigenvalue weighted by molar-refractivity contribution is -0.139. The number of amides is 2. The van der Waals surface area contributed by atoms with Crippen LogP contribution >= 0.6 is 0 Å². The lowest BCUT2D eigenvalue weighted by Gasteiger charge is -2.38. The number of hydrogen-bond donors (Lipinski definition) is 2. The number of carbonyl (C=O) groups excluding carboxylic acids is 2. The molecule has 0 atom stereocenters. The Kier molecular flexibility index (Phi) is 8.21. The van der Waals surface area contributed by atoms with E-state index in [-0.39, 0.29) is 24.3 Å². The van der Waals surface area contributed by atoms with Gasteiger partial charge in [-0.15, -0.1) is 5.10 Å². The first-order chi connectivity index (χ1) is 18.0. The molecule has 11 nitrogen and oxygen atoms in total. The van der Waals surface area contributed by atoms with Gasteiger partial charge in [-0.3, -0.25) is 19.4 Å². The van der Waals surface area contributed by atoms with Gasteiger partial charge in [-0.05, 0) is 17.7 Å². The van der Waals surface area contributed by atoms with E-state index >= 15 is 0 Å². The number of alkyl halides is 3. The maximum Gasteiger partial charge on any atom is 0.416 e. The van der Waals surface area contributed by atoms with E-state index in [1.54, 1.807) is 9.80 Å². The van der Waals surface area contributed by atoms with Crippen molar-refractivity contribution in [3.63, 3.8) is 0 Å². The predicted octanol–water partition coefficient (Wildman–Crippen LogP) is 1.85. The van der Waals surface area contributed by atoms with Gasteiger partial charge >= 0.3 is 18.2 Å². The van der Waals surface area contributed by atoms with E-state index in [4.69, 9.17) is 5.11 Å². The zero-order valence-corrected chi connectivity index (χ0v) is 20.9. The quantitative estimate of drug-likeness (QED) is 0.574. The van der Waals surface area contributed by atoms with Crippen molar-refractivity contribution < 1.29 is 32.7 Å². The van der Waals surface area contributed by atoms with E-state index < -0.39 is 17.7 Å². The number of rotatable bonds is 6. The summed E-state index contributed by atoms with van der Waals surface area (Å²) in [5.41, 5.74) is 0.518. The van der Waals surface area contributed by atoms with Crippen LogP contribution in [0.2, 0.25) is 0 Å². The number of aromatic nitrogens is 2. The van der Waals surface area contributed by atoms with Crippen molar-refractivity contribution in [2.24, 2.45) is 0 Å². The van der Waals surface area contributed by atoms with Gasteiger partial charge in [-0.2, -0.15) is 17.9 Å². The molecule has 0 saturated carbocycles. The van der Waals surface area contributed by atoms with Crippen LogP contribution in [0, 0.1) is 0 Å². The van der Waals surface area contributed by atoms with Crippen molar-refractivity contribution in [1.29, 1.82) is 0 Å². The molecule has 0 bridgehead atoms. The van der Waals surface area contributed by atoms with E-state index in [0.717, 1.165) is 11.6 Å². The second kappa shape index (κ2) is 11.4. The fourth-order valence-corrected chi connectivity index (χ4v) is 4.67. The van der Waals surface area contributed by atoms with Crippen LogP contribution in [0.15, 0.2) is 30.5 Å². The highest BCUT2D eigenvalue weighted by atomic mass is 19.4. The zero-order chi connectivity index (χ0) is 27.4. The third-order valence-corrected chi connectivity index (χ3v) is 6.61. The number of carbonyl (C=O) groups is 3. The lowest BCUT2D eigenvalue weighted by atomic mass is 10.1. The molecule has 0 spiro atoms. The molecule has 14 heteroatoms. The largest absolute Gasteiger partial charge is 0.480 e. The van der Waals surface area contributed by atoms with Gasteiger partial charge in [0, 0.05) is 83.8 Å². The summed E-state index contributed by atoms with van der Waals surface area (Å²) in [6.45, 7) is 5.29. The first kappa shape index (κ1) is 27.4. The Labute approximate surface area is 217 Å². The van der Waals surface area contributed by atoms with Gasteiger partial charge in [-0.1, -0.05) is 6.07 Å². The number of hydrogen-bond acceptors (Lipinski definition) is 7. The molecule has 2 aromatic rings. The Morgan fingerprint density at radius 2 is 1.63 bits per heavy atom. The minimum atomic E-state index is -4.48. The molecule has 3 heterocycles. The highest BCUT2D eigenvalue weighted by Crippen LogP contribution is 2.34. The molecule has 206 valence electrons. The van der Waals surface area contributed by atoms with Crippen molar-refractivity contribution in [3.05, 3.63) is 41.6 Å². The second-order valence-electron chi connectivity index (χ2n) is 9.37. The molecule has 2 aliphatic rings. The Bertz CT molecular complexity index is 1170. The summed E-state index contributed by atoms with van der Waals surface area (Å²) in [6.07, 6.45) is -3.00. The highest BCUT2D eigenvalue weighted by molar-refractivity contribution is 5.88. The van der Waals surface area contributed by atoms with Gasteiger partial charge in [0.05, 0.1) is 12.1 Å². The first-order valence-corrected chi connectivity index (χ1v) is 12.2. The third-order valence-electron chi connectivity index (χ3n) is 6.61. The number of halogens is 3. The van der Waals surface area contributed by atoms with Gasteiger partial charge in [-0.25, -0.2) is 4.79 Å². The van der Waals surface area contributed by atoms with Crippen LogP contribution in [0.25, 0.3) is 0 Å². The van der Waals surface area contributed by atoms with E-state index in [2.05, 4.69) is 15.3 Å². The van der Waals surface area contributed by atoms with Crippen LogP contribution in [-0.2, 0) is 22.3 Å². The van der Waals surface area contributed by atoms with Crippen molar-refractivity contribution in [1.82, 2.24) is 24.5 Å². The Hall–Kier alpha value is -3.65. The maximum atomic E-state index is 13.5. The van der Waals surface area contributed by atoms with E-state index in [1.165, 1.54) is 36.0 Å². The van der Waals surface area contributed by atoms with Crippen LogP contribution in [0.4, 0.5) is 29.5 Å². The number of carboxylic acids is 1. The van der Waals surface area contributed by atoms with Gasteiger partial charge in [0.2, 0.25) is 5.91 Å². The maximum absolute atomic E-state index is 13.5. The number of aliphatic carboxylic acids is 1. The van der Waals surface area contributed by atoms with Crippen molar-refractivity contribution >= 4 is 29.4 Å². The third kappa shape index (κ3) is 6.81. The molecule has 0 radical (unpaired) electrons. The monoisotopic (exact) mass is 537 g/mol. The van der Waals surface area contributed by atoms with Gasteiger partial charge in [0.25, 0.3) is 0 Å². The number of benzene rings is 1. The molecule has 0 aliphatic carbocycles. The molecule has 0 unspecified atom stereocenters. The Morgan fingerprint density at radius 1 is 0.974 bits per heavy atom. The molecule has 38 heavy (non-hydrogen) atoms. The van der Waals surface area contributed by atoms with Crippen molar-refractivity contribution in [3.8, 4) is 0 Å². The first-order valence-electron chi connectivity index (χ1n) is 12.2. The summed E-state index contributed by atoms with van der Waals surface area (Å²) >= 11 is 0. The highest BCUT2D eigenvalue weighted by Gasteiger charge is 2.33. The number of anilines is 2. The topological polar surface area (TPSA) is 114 Å². The van der Waals surface area contributed by atoms with Crippen LogP contribution < -0.4 is 10.2 Å². The summed E-state index contributed by atoms with van der Waals surface area (Å²) in [4.78, 5) is 42.3. The average molecular weight is 538 g/mol. The minimum Gasteiger partial charge on any atom is -0.480 e. The standard InChI is InChI=1S/C24H30F3N7O4/c1-17(35)28-21-4-5-34(29-21)23(38)33-12-8-30(9-13-33)15-18-2-3-19(24(25,26)27)14-20(18)32-10-6-31(7-11-32)16-22(36)37/h2-5,14H,6-13,15-16H2,1H3,(H,36,37)(H,28,29,35). The number of nitrogens with one attached hydrogen (secondary N) is 1.